The van der Waals surface area contributed by atoms with Crippen molar-refractivity contribution < 1.29 is 9.59 Å². The maximum Gasteiger partial charge on any atom is 0.239 e. The van der Waals surface area contributed by atoms with Gasteiger partial charge in [0.1, 0.15) is 10.9 Å². The first-order valence-electron chi connectivity index (χ1n) is 6.51. The number of hydrogen-bond acceptors (Lipinski definition) is 3. The van der Waals surface area contributed by atoms with E-state index in [4.69, 9.17) is 11.6 Å². The Morgan fingerprint density at radius 3 is 2.33 bits per heavy atom. The second-order valence-corrected chi connectivity index (χ2v) is 6.36. The van der Waals surface area contributed by atoms with Gasteiger partial charge in [-0.15, -0.1) is 22.9 Å². The molecule has 0 spiro atoms. The number of carbonyl (C=O) groups is 2. The first-order chi connectivity index (χ1) is 9.93. The molecule has 0 unspecified atom stereocenters. The number of anilines is 1. The summed E-state index contributed by atoms with van der Waals surface area (Å²) < 4.78 is 0. The van der Waals surface area contributed by atoms with Crippen molar-refractivity contribution in [2.75, 3.05) is 11.2 Å². The van der Waals surface area contributed by atoms with Crippen LogP contribution in [0.2, 0.25) is 0 Å². The number of thiophene rings is 1. The van der Waals surface area contributed by atoms with Gasteiger partial charge in [0.15, 0.2) is 5.78 Å². The van der Waals surface area contributed by atoms with Crippen molar-refractivity contribution in [2.24, 2.45) is 0 Å². The maximum absolute atomic E-state index is 12.7. The van der Waals surface area contributed by atoms with E-state index in [0.717, 1.165) is 16.0 Å². The number of ketones is 1. The summed E-state index contributed by atoms with van der Waals surface area (Å²) in [6.07, 6.45) is 0. The molecule has 0 radical (unpaired) electrons. The highest BCUT2D eigenvalue weighted by Gasteiger charge is 2.21. The Balaban J connectivity index is 2.44. The molecule has 5 heteroatoms. The topological polar surface area (TPSA) is 46.2 Å². The molecule has 1 heterocycles. The van der Waals surface area contributed by atoms with E-state index in [0.29, 0.717) is 16.1 Å². The molecular weight excluding hydrogens is 306 g/mol. The minimum atomic E-state index is -0.309. The molecule has 1 amide bonds. The molecule has 0 saturated heterocycles. The molecule has 0 aliphatic heterocycles. The van der Waals surface area contributed by atoms with Gasteiger partial charge >= 0.3 is 0 Å². The lowest BCUT2D eigenvalue weighted by Gasteiger charge is -2.06. The van der Waals surface area contributed by atoms with Crippen molar-refractivity contribution in [1.29, 1.82) is 0 Å². The summed E-state index contributed by atoms with van der Waals surface area (Å²) >= 11 is 6.92. The number of rotatable bonds is 4. The molecule has 0 aliphatic rings. The van der Waals surface area contributed by atoms with Crippen LogP contribution in [0, 0.1) is 20.8 Å². The van der Waals surface area contributed by atoms with E-state index in [-0.39, 0.29) is 17.6 Å². The highest BCUT2D eigenvalue weighted by atomic mass is 35.5. The molecule has 1 aromatic carbocycles. The number of halogens is 1. The molecule has 1 aromatic heterocycles. The van der Waals surface area contributed by atoms with Gasteiger partial charge in [0.2, 0.25) is 5.91 Å². The van der Waals surface area contributed by atoms with Crippen molar-refractivity contribution in [3.05, 3.63) is 51.4 Å². The number of benzene rings is 1. The van der Waals surface area contributed by atoms with Crippen LogP contribution in [0.4, 0.5) is 5.00 Å². The Bertz CT molecular complexity index is 689. The highest BCUT2D eigenvalue weighted by molar-refractivity contribution is 7.16. The first kappa shape index (κ1) is 15.7. The van der Waals surface area contributed by atoms with Crippen molar-refractivity contribution in [2.45, 2.75) is 20.8 Å². The number of carbonyl (C=O) groups excluding carboxylic acids is 2. The number of alkyl halides is 1. The molecule has 0 aliphatic carbocycles. The van der Waals surface area contributed by atoms with Crippen LogP contribution in [0.3, 0.4) is 0 Å². The van der Waals surface area contributed by atoms with Gasteiger partial charge in [-0.3, -0.25) is 9.59 Å². The third-order valence-corrected chi connectivity index (χ3v) is 4.67. The van der Waals surface area contributed by atoms with E-state index < -0.39 is 0 Å². The summed E-state index contributed by atoms with van der Waals surface area (Å²) in [7, 11) is 0. The van der Waals surface area contributed by atoms with Gasteiger partial charge in [-0.2, -0.15) is 0 Å². The summed E-state index contributed by atoms with van der Waals surface area (Å²) in [6, 6.07) is 7.41. The molecule has 0 fully saturated rings. The fourth-order valence-corrected chi connectivity index (χ4v) is 3.14. The third kappa shape index (κ3) is 3.34. The molecule has 110 valence electrons. The Labute approximate surface area is 132 Å². The van der Waals surface area contributed by atoms with E-state index in [9.17, 15) is 9.59 Å². The number of hydrogen-bond donors (Lipinski definition) is 1. The van der Waals surface area contributed by atoms with E-state index >= 15 is 0 Å². The van der Waals surface area contributed by atoms with Gasteiger partial charge in [0.05, 0.1) is 5.56 Å². The summed E-state index contributed by atoms with van der Waals surface area (Å²) in [5, 5.41) is 3.28. The molecule has 21 heavy (non-hydrogen) atoms. The highest BCUT2D eigenvalue weighted by Crippen LogP contribution is 2.34. The Morgan fingerprint density at radius 1 is 1.14 bits per heavy atom. The second-order valence-electron chi connectivity index (χ2n) is 4.86. The average Bonchev–Trinajstić information content (AvgIpc) is 2.73. The van der Waals surface area contributed by atoms with Crippen LogP contribution in [0.5, 0.6) is 0 Å². The quantitative estimate of drug-likeness (QED) is 0.681. The fourth-order valence-electron chi connectivity index (χ4n) is 2.00. The minimum Gasteiger partial charge on any atom is -0.316 e. The number of nitrogens with one attached hydrogen (secondary N) is 1. The average molecular weight is 322 g/mol. The van der Waals surface area contributed by atoms with Gasteiger partial charge in [-0.05, 0) is 26.3 Å². The SMILES string of the molecule is Cc1ccc(C(=O)c2c(NC(=O)CCl)sc(C)c2C)cc1. The van der Waals surface area contributed by atoms with E-state index in [1.165, 1.54) is 11.3 Å². The normalized spacial score (nSPS) is 10.5. The van der Waals surface area contributed by atoms with Crippen LogP contribution >= 0.6 is 22.9 Å². The van der Waals surface area contributed by atoms with Crippen molar-refractivity contribution >= 4 is 39.6 Å². The summed E-state index contributed by atoms with van der Waals surface area (Å²) in [5.41, 5.74) is 3.17. The molecule has 3 nitrogen and oxygen atoms in total. The first-order valence-corrected chi connectivity index (χ1v) is 7.86. The standard InChI is InChI=1S/C16H16ClNO2S/c1-9-4-6-12(7-5-9)15(20)14-10(2)11(3)21-16(14)18-13(19)8-17/h4-7H,8H2,1-3H3,(H,18,19). The summed E-state index contributed by atoms with van der Waals surface area (Å²) in [4.78, 5) is 25.2. The minimum absolute atomic E-state index is 0.0817. The van der Waals surface area contributed by atoms with Crippen LogP contribution < -0.4 is 5.32 Å². The molecule has 0 atom stereocenters. The summed E-state index contributed by atoms with van der Waals surface area (Å²) in [6.45, 7) is 5.80. The Hall–Kier alpha value is -1.65. The number of amides is 1. The third-order valence-electron chi connectivity index (χ3n) is 3.30. The van der Waals surface area contributed by atoms with Gasteiger partial charge in [-0.25, -0.2) is 0 Å². The van der Waals surface area contributed by atoms with Crippen LogP contribution in [0.15, 0.2) is 24.3 Å². The summed E-state index contributed by atoms with van der Waals surface area (Å²) in [5.74, 6) is -0.522. The second kappa shape index (κ2) is 6.41. The smallest absolute Gasteiger partial charge is 0.239 e. The zero-order chi connectivity index (χ0) is 15.6. The fraction of sp³-hybridized carbons (Fsp3) is 0.250. The van der Waals surface area contributed by atoms with Crippen molar-refractivity contribution in [3.8, 4) is 0 Å². The lowest BCUT2D eigenvalue weighted by atomic mass is 10.0. The van der Waals surface area contributed by atoms with Crippen LogP contribution in [0.25, 0.3) is 0 Å². The van der Waals surface area contributed by atoms with Crippen molar-refractivity contribution in [1.82, 2.24) is 0 Å². The Morgan fingerprint density at radius 2 is 1.76 bits per heavy atom. The molecular formula is C16H16ClNO2S. The molecule has 2 aromatic rings. The van der Waals surface area contributed by atoms with Crippen LogP contribution in [0.1, 0.15) is 31.9 Å². The van der Waals surface area contributed by atoms with E-state index in [1.807, 2.05) is 32.9 Å². The Kier molecular flexibility index (Phi) is 4.80. The predicted molar refractivity (Wildman–Crippen MR) is 87.8 cm³/mol. The predicted octanol–water partition coefficient (Wildman–Crippen LogP) is 4.08. The largest absolute Gasteiger partial charge is 0.316 e. The van der Waals surface area contributed by atoms with Crippen LogP contribution in [-0.2, 0) is 4.79 Å². The monoisotopic (exact) mass is 321 g/mol. The number of aryl methyl sites for hydroxylation is 2. The van der Waals surface area contributed by atoms with Gasteiger partial charge in [0, 0.05) is 10.4 Å². The van der Waals surface area contributed by atoms with Gasteiger partial charge in [0.25, 0.3) is 0 Å². The van der Waals surface area contributed by atoms with Crippen molar-refractivity contribution in [3.63, 3.8) is 0 Å². The molecule has 0 bridgehead atoms. The molecule has 0 saturated carbocycles. The zero-order valence-electron chi connectivity index (χ0n) is 12.1. The van der Waals surface area contributed by atoms with E-state index in [1.54, 1.807) is 12.1 Å². The maximum atomic E-state index is 12.7. The lowest BCUT2D eigenvalue weighted by Crippen LogP contribution is -2.14. The van der Waals surface area contributed by atoms with Crippen LogP contribution in [-0.4, -0.2) is 17.6 Å². The lowest BCUT2D eigenvalue weighted by molar-refractivity contribution is -0.113. The molecule has 1 N–H and O–H groups in total. The zero-order valence-corrected chi connectivity index (χ0v) is 13.7. The van der Waals surface area contributed by atoms with Gasteiger partial charge < -0.3 is 5.32 Å². The van der Waals surface area contributed by atoms with Gasteiger partial charge in [-0.1, -0.05) is 29.8 Å². The van der Waals surface area contributed by atoms with E-state index in [2.05, 4.69) is 5.32 Å². The molecule has 2 rings (SSSR count).